The number of aliphatic hydroxyl groups is 8. The van der Waals surface area contributed by atoms with Gasteiger partial charge in [-0.05, 0) is 19.3 Å². The van der Waals surface area contributed by atoms with Crippen LogP contribution >= 0.6 is 0 Å². The lowest BCUT2D eigenvalue weighted by Gasteiger charge is -2.46. The van der Waals surface area contributed by atoms with E-state index in [0.717, 1.165) is 44.9 Å². The molecular formula is C91H177NO13. The molecule has 0 spiro atoms. The molecule has 2 saturated heterocycles. The first kappa shape index (κ1) is 99.8. The van der Waals surface area contributed by atoms with Crippen molar-refractivity contribution in [2.75, 3.05) is 19.8 Å². The van der Waals surface area contributed by atoms with E-state index in [4.69, 9.17) is 18.9 Å². The maximum atomic E-state index is 13.4. The SMILES string of the molecule is CCCCCCCCCCCCCCCCCCCCCCCCCCCCCCCCC/C=C/C(O)C(COC1OC(CO)C(OC2OC(CO)C(O)C(O)C2O)C(O)C1O)NC(=O)CCCCCCCCCCCCCCCCCCCCCCCCCCCCCCCCCCCCCCCC. The molecular weight excluding hydrogens is 1310 g/mol. The zero-order valence-electron chi connectivity index (χ0n) is 69.0. The Hall–Kier alpha value is -1.27. The molecule has 0 radical (unpaired) electrons. The van der Waals surface area contributed by atoms with Gasteiger partial charge >= 0.3 is 0 Å². The lowest BCUT2D eigenvalue weighted by molar-refractivity contribution is -0.359. The Kier molecular flexibility index (Phi) is 71.7. The van der Waals surface area contributed by atoms with E-state index < -0.39 is 86.8 Å². The minimum atomic E-state index is -1.79. The van der Waals surface area contributed by atoms with E-state index in [-0.39, 0.29) is 18.9 Å². The Balaban J connectivity index is 1.55. The number of carbonyl (C=O) groups is 1. The van der Waals surface area contributed by atoms with Crippen LogP contribution in [0.15, 0.2) is 12.2 Å². The molecule has 14 heteroatoms. The van der Waals surface area contributed by atoms with Crippen molar-refractivity contribution in [1.29, 1.82) is 0 Å². The Morgan fingerprint density at radius 1 is 0.333 bits per heavy atom. The molecule has 12 atom stereocenters. The molecule has 14 nitrogen and oxygen atoms in total. The van der Waals surface area contributed by atoms with E-state index in [2.05, 4.69) is 19.2 Å². The number of aliphatic hydroxyl groups excluding tert-OH is 8. The summed E-state index contributed by atoms with van der Waals surface area (Å²) in [5.41, 5.74) is 0. The summed E-state index contributed by atoms with van der Waals surface area (Å²) in [6.45, 7) is 2.90. The Bertz CT molecular complexity index is 1810. The first-order valence-corrected chi connectivity index (χ1v) is 46.4. The molecule has 0 aliphatic carbocycles. The van der Waals surface area contributed by atoms with Crippen molar-refractivity contribution in [3.8, 4) is 0 Å². The second-order valence-electron chi connectivity index (χ2n) is 33.2. The van der Waals surface area contributed by atoms with E-state index in [1.54, 1.807) is 6.08 Å². The highest BCUT2D eigenvalue weighted by Gasteiger charge is 2.51. The topological polar surface area (TPSA) is 228 Å². The van der Waals surface area contributed by atoms with Gasteiger partial charge in [-0.15, -0.1) is 0 Å². The smallest absolute Gasteiger partial charge is 0.220 e. The zero-order valence-corrected chi connectivity index (χ0v) is 69.0. The van der Waals surface area contributed by atoms with Crippen LogP contribution < -0.4 is 5.32 Å². The molecule has 2 aliphatic rings. The third kappa shape index (κ3) is 57.4. The highest BCUT2D eigenvalue weighted by atomic mass is 16.7. The molecule has 12 unspecified atom stereocenters. The summed E-state index contributed by atoms with van der Waals surface area (Å²) < 4.78 is 23.0. The van der Waals surface area contributed by atoms with E-state index in [1.807, 2.05) is 6.08 Å². The van der Waals surface area contributed by atoms with Crippen LogP contribution in [0.5, 0.6) is 0 Å². The number of hydrogen-bond donors (Lipinski definition) is 9. The summed E-state index contributed by atoms with van der Waals surface area (Å²) in [5.74, 6) is -0.227. The summed E-state index contributed by atoms with van der Waals surface area (Å²) in [6, 6.07) is -0.913. The quantitative estimate of drug-likeness (QED) is 0.0204. The monoisotopic (exact) mass is 1490 g/mol. The van der Waals surface area contributed by atoms with Crippen LogP contribution in [-0.4, -0.2) is 140 Å². The van der Waals surface area contributed by atoms with Crippen LogP contribution in [0.3, 0.4) is 0 Å². The normalized spacial score (nSPS) is 21.3. The Labute approximate surface area is 647 Å². The number of unbranched alkanes of at least 4 members (excludes halogenated alkanes) is 68. The molecule has 9 N–H and O–H groups in total. The summed E-state index contributed by atoms with van der Waals surface area (Å²) in [7, 11) is 0. The van der Waals surface area contributed by atoms with Gasteiger partial charge in [0.1, 0.15) is 48.8 Å². The van der Waals surface area contributed by atoms with Gasteiger partial charge in [-0.1, -0.05) is 456 Å². The fraction of sp³-hybridized carbons (Fsp3) is 0.967. The van der Waals surface area contributed by atoms with E-state index >= 15 is 0 Å². The second kappa shape index (κ2) is 75.4. The number of hydrogen-bond acceptors (Lipinski definition) is 13. The van der Waals surface area contributed by atoms with Crippen molar-refractivity contribution in [1.82, 2.24) is 5.32 Å². The molecule has 2 rings (SSSR count). The Morgan fingerprint density at radius 3 is 0.876 bits per heavy atom. The van der Waals surface area contributed by atoms with Crippen molar-refractivity contribution in [2.45, 2.75) is 543 Å². The predicted molar refractivity (Wildman–Crippen MR) is 439 cm³/mol. The summed E-state index contributed by atoms with van der Waals surface area (Å²) >= 11 is 0. The summed E-state index contributed by atoms with van der Waals surface area (Å²) in [5, 5.41) is 87.9. The lowest BCUT2D eigenvalue weighted by Crippen LogP contribution is -2.65. The van der Waals surface area contributed by atoms with Crippen LogP contribution in [-0.2, 0) is 23.7 Å². The molecule has 0 aromatic heterocycles. The highest BCUT2D eigenvalue weighted by Crippen LogP contribution is 2.31. The molecule has 0 bridgehead atoms. The van der Waals surface area contributed by atoms with Crippen molar-refractivity contribution in [2.24, 2.45) is 0 Å². The summed E-state index contributed by atoms with van der Waals surface area (Å²) in [4.78, 5) is 13.4. The van der Waals surface area contributed by atoms with Crippen molar-refractivity contribution < 1.29 is 64.6 Å². The van der Waals surface area contributed by atoms with Gasteiger partial charge < -0.3 is 65.1 Å². The van der Waals surface area contributed by atoms with E-state index in [0.29, 0.717) is 0 Å². The third-order valence-electron chi connectivity index (χ3n) is 23.2. The maximum Gasteiger partial charge on any atom is 0.220 e. The average Bonchev–Trinajstić information content (AvgIpc) is 0.790. The van der Waals surface area contributed by atoms with Crippen LogP contribution in [0.2, 0.25) is 0 Å². The number of amides is 1. The average molecular weight is 1490 g/mol. The molecule has 0 aromatic rings. The van der Waals surface area contributed by atoms with Crippen LogP contribution in [0.25, 0.3) is 0 Å². The second-order valence-corrected chi connectivity index (χ2v) is 33.2. The number of carbonyl (C=O) groups excluding carboxylic acids is 1. The minimum absolute atomic E-state index is 0.227. The molecule has 2 heterocycles. The number of rotatable bonds is 81. The van der Waals surface area contributed by atoms with E-state index in [9.17, 15) is 45.6 Å². The van der Waals surface area contributed by atoms with Gasteiger partial charge in [0.25, 0.3) is 0 Å². The largest absolute Gasteiger partial charge is 0.394 e. The van der Waals surface area contributed by atoms with Crippen LogP contribution in [0.4, 0.5) is 0 Å². The van der Waals surface area contributed by atoms with Gasteiger partial charge in [0, 0.05) is 6.42 Å². The molecule has 1 amide bonds. The number of allylic oxidation sites excluding steroid dienone is 1. The molecule has 2 aliphatic heterocycles. The predicted octanol–water partition coefficient (Wildman–Crippen LogP) is 22.8. The number of ether oxygens (including phenoxy) is 4. The molecule has 2 fully saturated rings. The van der Waals surface area contributed by atoms with E-state index in [1.165, 1.54) is 405 Å². The van der Waals surface area contributed by atoms with Crippen molar-refractivity contribution in [3.05, 3.63) is 12.2 Å². The minimum Gasteiger partial charge on any atom is -0.394 e. The van der Waals surface area contributed by atoms with Gasteiger partial charge in [-0.3, -0.25) is 4.79 Å². The number of nitrogens with one attached hydrogen (secondary N) is 1. The van der Waals surface area contributed by atoms with Crippen LogP contribution in [0, 0.1) is 0 Å². The fourth-order valence-electron chi connectivity index (χ4n) is 16.0. The fourth-order valence-corrected chi connectivity index (χ4v) is 16.0. The van der Waals surface area contributed by atoms with Gasteiger partial charge in [0.15, 0.2) is 12.6 Å². The van der Waals surface area contributed by atoms with Gasteiger partial charge in [-0.25, -0.2) is 0 Å². The van der Waals surface area contributed by atoms with Crippen molar-refractivity contribution in [3.63, 3.8) is 0 Å². The molecule has 0 saturated carbocycles. The highest BCUT2D eigenvalue weighted by molar-refractivity contribution is 5.76. The molecule has 624 valence electrons. The van der Waals surface area contributed by atoms with Gasteiger partial charge in [-0.2, -0.15) is 0 Å². The lowest BCUT2D eigenvalue weighted by atomic mass is 9.97. The first-order valence-electron chi connectivity index (χ1n) is 46.4. The van der Waals surface area contributed by atoms with Crippen LogP contribution in [0.1, 0.15) is 470 Å². The third-order valence-corrected chi connectivity index (χ3v) is 23.2. The molecule has 105 heavy (non-hydrogen) atoms. The van der Waals surface area contributed by atoms with Gasteiger partial charge in [0.2, 0.25) is 5.91 Å². The standard InChI is InChI=1S/C91H177NO13/c1-3-5-7-9-11-13-15-17-19-21-23-25-27-29-31-33-35-37-38-39-40-41-43-45-47-49-51-53-55-57-59-61-63-65-67-69-71-73-75-83(96)92-79(78-102-90-88(101)86(99)89(82(77-94)104-90)105-91-87(100)85(98)84(97)81(76-93)103-91)80(95)74-72-70-68-66-64-62-60-58-56-54-52-50-48-46-44-42-36-34-32-30-28-26-24-22-20-18-16-14-12-10-8-6-4-2/h72,74,79-82,84-91,93-95,97-101H,3-71,73,75-78H2,1-2H3,(H,92,96)/b74-72+. The molecule has 0 aromatic carbocycles. The first-order chi connectivity index (χ1) is 51.6. The maximum absolute atomic E-state index is 13.4. The zero-order chi connectivity index (χ0) is 75.8. The van der Waals surface area contributed by atoms with Gasteiger partial charge in [0.05, 0.1) is 32.0 Å². The summed E-state index contributed by atoms with van der Waals surface area (Å²) in [6.07, 6.45) is 82.1. The van der Waals surface area contributed by atoms with Crippen molar-refractivity contribution >= 4 is 5.91 Å². The Morgan fingerprint density at radius 2 is 0.590 bits per heavy atom.